The van der Waals surface area contributed by atoms with E-state index >= 15 is 0 Å². The molecule has 0 radical (unpaired) electrons. The molecule has 6 heteroatoms. The normalized spacial score (nSPS) is 26.6. The Kier molecular flexibility index (Phi) is 5.17. The Balaban J connectivity index is 2.62. The van der Waals surface area contributed by atoms with Gasteiger partial charge in [0.05, 0.1) is 0 Å². The molecule has 0 saturated heterocycles. The summed E-state index contributed by atoms with van der Waals surface area (Å²) in [5.41, 5.74) is -0.435. The summed E-state index contributed by atoms with van der Waals surface area (Å²) in [6.07, 6.45) is 3.92. The fourth-order valence-corrected chi connectivity index (χ4v) is 3.90. The van der Waals surface area contributed by atoms with Crippen molar-refractivity contribution >= 4 is 10.2 Å². The van der Waals surface area contributed by atoms with Crippen LogP contribution in [0.1, 0.15) is 46.5 Å². The van der Waals surface area contributed by atoms with Crippen LogP contribution in [-0.2, 0) is 10.2 Å². The maximum Gasteiger partial charge on any atom is 0.279 e. The van der Waals surface area contributed by atoms with Crippen LogP contribution < -0.4 is 10.0 Å². The fourth-order valence-electron chi connectivity index (χ4n) is 2.38. The molecule has 1 rings (SSSR count). The minimum Gasteiger partial charge on any atom is -0.317 e. The van der Waals surface area contributed by atoms with E-state index in [0.29, 0.717) is 6.04 Å². The van der Waals surface area contributed by atoms with Crippen molar-refractivity contribution in [3.8, 4) is 0 Å². The molecule has 0 heterocycles. The second kappa shape index (κ2) is 5.86. The van der Waals surface area contributed by atoms with Crippen LogP contribution in [-0.4, -0.2) is 44.4 Å². The highest BCUT2D eigenvalue weighted by atomic mass is 32.2. The van der Waals surface area contributed by atoms with Crippen LogP contribution in [0, 0.1) is 0 Å². The molecule has 0 spiro atoms. The summed E-state index contributed by atoms with van der Waals surface area (Å²) in [5, 5.41) is 3.26. The first-order chi connectivity index (χ1) is 8.15. The molecule has 1 aliphatic rings. The lowest BCUT2D eigenvalue weighted by Gasteiger charge is -2.35. The van der Waals surface area contributed by atoms with E-state index in [-0.39, 0.29) is 6.04 Å². The lowest BCUT2D eigenvalue weighted by atomic mass is 9.91. The summed E-state index contributed by atoms with van der Waals surface area (Å²) in [7, 11) is 0.265. The van der Waals surface area contributed by atoms with Gasteiger partial charge in [-0.1, -0.05) is 0 Å². The van der Waals surface area contributed by atoms with Crippen molar-refractivity contribution in [2.75, 3.05) is 14.1 Å². The Morgan fingerprint density at radius 3 is 2.00 bits per heavy atom. The molecule has 0 unspecified atom stereocenters. The Morgan fingerprint density at radius 2 is 1.61 bits per heavy atom. The van der Waals surface area contributed by atoms with Crippen LogP contribution >= 0.6 is 0 Å². The molecule has 2 N–H and O–H groups in total. The van der Waals surface area contributed by atoms with Crippen molar-refractivity contribution in [2.24, 2.45) is 0 Å². The van der Waals surface area contributed by atoms with Gasteiger partial charge in [-0.3, -0.25) is 0 Å². The summed E-state index contributed by atoms with van der Waals surface area (Å²) >= 11 is 0. The van der Waals surface area contributed by atoms with Gasteiger partial charge in [0.15, 0.2) is 0 Å². The molecule has 0 atom stereocenters. The Labute approximate surface area is 112 Å². The molecule has 0 aromatic rings. The molecule has 18 heavy (non-hydrogen) atoms. The highest BCUT2D eigenvalue weighted by Gasteiger charge is 2.32. The smallest absolute Gasteiger partial charge is 0.279 e. The lowest BCUT2D eigenvalue weighted by Crippen LogP contribution is -2.51. The van der Waals surface area contributed by atoms with E-state index in [0.717, 1.165) is 25.7 Å². The Morgan fingerprint density at radius 1 is 1.11 bits per heavy atom. The highest BCUT2D eigenvalue weighted by molar-refractivity contribution is 7.87. The van der Waals surface area contributed by atoms with E-state index in [2.05, 4.69) is 10.0 Å². The van der Waals surface area contributed by atoms with Crippen molar-refractivity contribution in [2.45, 2.75) is 64.1 Å². The molecule has 1 fully saturated rings. The van der Waals surface area contributed by atoms with E-state index < -0.39 is 15.7 Å². The summed E-state index contributed by atoms with van der Waals surface area (Å²) in [6.45, 7) is 5.57. The van der Waals surface area contributed by atoms with Crippen LogP contribution in [0.15, 0.2) is 0 Å². The third-order valence-corrected chi connectivity index (χ3v) is 5.36. The first kappa shape index (κ1) is 15.9. The maximum atomic E-state index is 12.2. The molecule has 1 saturated carbocycles. The van der Waals surface area contributed by atoms with Gasteiger partial charge >= 0.3 is 0 Å². The number of nitrogens with zero attached hydrogens (tertiary/aromatic N) is 1. The van der Waals surface area contributed by atoms with E-state index in [9.17, 15) is 8.42 Å². The number of rotatable bonds is 4. The monoisotopic (exact) mass is 277 g/mol. The number of nitrogens with one attached hydrogen (secondary N) is 2. The van der Waals surface area contributed by atoms with Crippen molar-refractivity contribution in [1.29, 1.82) is 0 Å². The van der Waals surface area contributed by atoms with Gasteiger partial charge < -0.3 is 5.32 Å². The highest BCUT2D eigenvalue weighted by Crippen LogP contribution is 2.24. The molecule has 0 amide bonds. The predicted octanol–water partition coefficient (Wildman–Crippen LogP) is 1.08. The van der Waals surface area contributed by atoms with Crippen molar-refractivity contribution in [3.05, 3.63) is 0 Å². The molecule has 0 aromatic carbocycles. The second-order valence-corrected chi connectivity index (χ2v) is 7.90. The van der Waals surface area contributed by atoms with Crippen LogP contribution in [0.4, 0.5) is 0 Å². The van der Waals surface area contributed by atoms with E-state index in [4.69, 9.17) is 0 Å². The van der Waals surface area contributed by atoms with Gasteiger partial charge in [-0.25, -0.2) is 0 Å². The van der Waals surface area contributed by atoms with Crippen molar-refractivity contribution in [1.82, 2.24) is 14.3 Å². The first-order valence-electron chi connectivity index (χ1n) is 6.60. The zero-order valence-corrected chi connectivity index (χ0v) is 13.0. The average Bonchev–Trinajstić information content (AvgIpc) is 2.25. The van der Waals surface area contributed by atoms with E-state index in [1.807, 2.05) is 27.8 Å². The minimum absolute atomic E-state index is 0.120. The van der Waals surface area contributed by atoms with Crippen molar-refractivity contribution < 1.29 is 8.42 Å². The first-order valence-corrected chi connectivity index (χ1v) is 8.04. The third-order valence-electron chi connectivity index (χ3n) is 3.43. The van der Waals surface area contributed by atoms with Crippen LogP contribution in [0.3, 0.4) is 0 Å². The standard InChI is InChI=1S/C12H27N3O2S/c1-12(2,3)14-18(16,17)15(5)11-8-6-10(13-4)7-9-11/h10-11,13-14H,6-9H2,1-5H3. The van der Waals surface area contributed by atoms with Gasteiger partial charge in [0.2, 0.25) is 0 Å². The topological polar surface area (TPSA) is 61.4 Å². The quantitative estimate of drug-likeness (QED) is 0.808. The van der Waals surface area contributed by atoms with E-state index in [1.54, 1.807) is 7.05 Å². The molecule has 1 aliphatic carbocycles. The SMILES string of the molecule is CNC1CCC(N(C)S(=O)(=O)NC(C)(C)C)CC1. The van der Waals surface area contributed by atoms with Gasteiger partial charge in [-0.15, -0.1) is 0 Å². The molecular weight excluding hydrogens is 250 g/mol. The minimum atomic E-state index is -3.38. The van der Waals surface area contributed by atoms with Gasteiger partial charge in [0, 0.05) is 24.7 Å². The van der Waals surface area contributed by atoms with Crippen LogP contribution in [0.5, 0.6) is 0 Å². The maximum absolute atomic E-state index is 12.2. The largest absolute Gasteiger partial charge is 0.317 e. The molecule has 0 aliphatic heterocycles. The van der Waals surface area contributed by atoms with Crippen molar-refractivity contribution in [3.63, 3.8) is 0 Å². The second-order valence-electron chi connectivity index (χ2n) is 6.17. The fraction of sp³-hybridized carbons (Fsp3) is 1.00. The summed E-state index contributed by atoms with van der Waals surface area (Å²) in [6, 6.07) is 0.655. The number of hydrogen-bond donors (Lipinski definition) is 2. The lowest BCUT2D eigenvalue weighted by molar-refractivity contribution is 0.250. The molecule has 0 bridgehead atoms. The van der Waals surface area contributed by atoms with Crippen LogP contribution in [0.2, 0.25) is 0 Å². The average molecular weight is 277 g/mol. The van der Waals surface area contributed by atoms with Gasteiger partial charge in [0.25, 0.3) is 10.2 Å². The molecule has 108 valence electrons. The zero-order chi connectivity index (χ0) is 14.0. The predicted molar refractivity (Wildman–Crippen MR) is 74.7 cm³/mol. The number of hydrogen-bond acceptors (Lipinski definition) is 3. The Bertz CT molecular complexity index is 354. The summed E-state index contributed by atoms with van der Waals surface area (Å²) < 4.78 is 28.6. The van der Waals surface area contributed by atoms with Gasteiger partial charge in [-0.05, 0) is 53.5 Å². The molecule has 5 nitrogen and oxygen atoms in total. The van der Waals surface area contributed by atoms with Gasteiger partial charge in [-0.2, -0.15) is 17.4 Å². The molecular formula is C12H27N3O2S. The third kappa shape index (κ3) is 4.50. The summed E-state index contributed by atoms with van der Waals surface area (Å²) in [4.78, 5) is 0. The Hall–Kier alpha value is -0.170. The van der Waals surface area contributed by atoms with Gasteiger partial charge in [0.1, 0.15) is 0 Å². The van der Waals surface area contributed by atoms with Crippen LogP contribution in [0.25, 0.3) is 0 Å². The van der Waals surface area contributed by atoms with E-state index in [1.165, 1.54) is 4.31 Å². The molecule has 0 aromatic heterocycles. The zero-order valence-electron chi connectivity index (χ0n) is 12.2. The summed E-state index contributed by atoms with van der Waals surface area (Å²) in [5.74, 6) is 0.